The molecule has 0 spiro atoms. The molecule has 0 aliphatic carbocycles. The lowest BCUT2D eigenvalue weighted by Gasteiger charge is -2.40. The maximum Gasteiger partial charge on any atom is 0.0452 e. The SMILES string of the molecule is CC1(C[Si](C)(C)C)CNc2c(ccc3ccccc23)C1. The van der Waals surface area contributed by atoms with Gasteiger partial charge in [-0.15, -0.1) is 0 Å². The molecule has 1 unspecified atom stereocenters. The third-order valence-corrected chi connectivity index (χ3v) is 6.20. The number of hydrogen-bond acceptors (Lipinski definition) is 1. The van der Waals surface area contributed by atoms with Gasteiger partial charge in [0.1, 0.15) is 0 Å². The van der Waals surface area contributed by atoms with Gasteiger partial charge in [-0.1, -0.05) is 69.0 Å². The van der Waals surface area contributed by atoms with Crippen molar-refractivity contribution < 1.29 is 0 Å². The van der Waals surface area contributed by atoms with Crippen LogP contribution in [-0.2, 0) is 6.42 Å². The summed E-state index contributed by atoms with van der Waals surface area (Å²) in [7, 11) is -1.03. The molecule has 106 valence electrons. The van der Waals surface area contributed by atoms with Crippen molar-refractivity contribution in [2.24, 2.45) is 5.41 Å². The number of anilines is 1. The van der Waals surface area contributed by atoms with Crippen molar-refractivity contribution >= 4 is 24.5 Å². The van der Waals surface area contributed by atoms with Gasteiger partial charge in [0.25, 0.3) is 0 Å². The van der Waals surface area contributed by atoms with Crippen LogP contribution < -0.4 is 5.32 Å². The zero-order chi connectivity index (χ0) is 14.4. The number of nitrogens with one attached hydrogen (secondary N) is 1. The molecule has 1 nitrogen and oxygen atoms in total. The molecule has 0 bridgehead atoms. The molecule has 1 heterocycles. The average Bonchev–Trinajstić information content (AvgIpc) is 2.35. The minimum Gasteiger partial charge on any atom is -0.384 e. The molecular weight excluding hydrogens is 258 g/mol. The molecule has 1 N–H and O–H groups in total. The molecule has 2 heteroatoms. The Balaban J connectivity index is 1.98. The van der Waals surface area contributed by atoms with E-state index >= 15 is 0 Å². The lowest BCUT2D eigenvalue weighted by Crippen LogP contribution is -2.39. The van der Waals surface area contributed by atoms with Crippen molar-refractivity contribution in [2.75, 3.05) is 11.9 Å². The third kappa shape index (κ3) is 2.62. The van der Waals surface area contributed by atoms with E-state index in [1.54, 1.807) is 0 Å². The van der Waals surface area contributed by atoms with Gasteiger partial charge < -0.3 is 5.32 Å². The van der Waals surface area contributed by atoms with Gasteiger partial charge in [-0.3, -0.25) is 0 Å². The van der Waals surface area contributed by atoms with Crippen LogP contribution in [0.25, 0.3) is 10.8 Å². The summed E-state index contributed by atoms with van der Waals surface area (Å²) >= 11 is 0. The summed E-state index contributed by atoms with van der Waals surface area (Å²) in [6.45, 7) is 11.0. The first-order chi connectivity index (χ1) is 9.36. The maximum absolute atomic E-state index is 3.74. The van der Waals surface area contributed by atoms with Crippen LogP contribution >= 0.6 is 0 Å². The Morgan fingerprint density at radius 2 is 1.85 bits per heavy atom. The molecule has 0 amide bonds. The van der Waals surface area contributed by atoms with Crippen molar-refractivity contribution in [3.05, 3.63) is 42.0 Å². The van der Waals surface area contributed by atoms with Gasteiger partial charge in [0.05, 0.1) is 0 Å². The molecule has 1 aliphatic rings. The van der Waals surface area contributed by atoms with Gasteiger partial charge >= 0.3 is 0 Å². The zero-order valence-corrected chi connectivity index (χ0v) is 14.1. The molecule has 0 saturated carbocycles. The summed E-state index contributed by atoms with van der Waals surface area (Å²) in [6.07, 6.45) is 1.21. The van der Waals surface area contributed by atoms with E-state index < -0.39 is 8.07 Å². The second-order valence-corrected chi connectivity index (χ2v) is 13.4. The van der Waals surface area contributed by atoms with E-state index in [9.17, 15) is 0 Å². The lowest BCUT2D eigenvalue weighted by atomic mass is 9.81. The Labute approximate surface area is 123 Å². The Morgan fingerprint density at radius 1 is 1.10 bits per heavy atom. The quantitative estimate of drug-likeness (QED) is 0.751. The van der Waals surface area contributed by atoms with E-state index in [4.69, 9.17) is 0 Å². The van der Waals surface area contributed by atoms with Crippen LogP contribution in [0.1, 0.15) is 12.5 Å². The second-order valence-electron chi connectivity index (χ2n) is 7.90. The Kier molecular flexibility index (Phi) is 3.17. The molecule has 1 aliphatic heterocycles. The fraction of sp³-hybridized carbons (Fsp3) is 0.444. The first kappa shape index (κ1) is 13.7. The van der Waals surface area contributed by atoms with Crippen LogP contribution in [0, 0.1) is 5.41 Å². The van der Waals surface area contributed by atoms with Crippen molar-refractivity contribution in [1.29, 1.82) is 0 Å². The zero-order valence-electron chi connectivity index (χ0n) is 13.1. The van der Waals surface area contributed by atoms with Gasteiger partial charge in [-0.05, 0) is 22.8 Å². The highest BCUT2D eigenvalue weighted by atomic mass is 28.3. The van der Waals surface area contributed by atoms with E-state index in [-0.39, 0.29) is 0 Å². The second kappa shape index (κ2) is 4.63. The summed E-state index contributed by atoms with van der Waals surface area (Å²) in [4.78, 5) is 0. The van der Waals surface area contributed by atoms with Gasteiger partial charge in [0.2, 0.25) is 0 Å². The van der Waals surface area contributed by atoms with E-state index in [0.29, 0.717) is 5.41 Å². The molecule has 0 saturated heterocycles. The number of hydrogen-bond donors (Lipinski definition) is 1. The molecule has 20 heavy (non-hydrogen) atoms. The number of fused-ring (bicyclic) bond motifs is 3. The molecule has 0 fully saturated rings. The average molecular weight is 283 g/mol. The first-order valence-electron chi connectivity index (χ1n) is 7.61. The summed E-state index contributed by atoms with van der Waals surface area (Å²) < 4.78 is 0. The van der Waals surface area contributed by atoms with Crippen LogP contribution in [-0.4, -0.2) is 14.6 Å². The third-order valence-electron chi connectivity index (χ3n) is 4.28. The van der Waals surface area contributed by atoms with E-state index in [2.05, 4.69) is 68.3 Å². The van der Waals surface area contributed by atoms with Crippen LogP contribution in [0.5, 0.6) is 0 Å². The molecular formula is C18H25NSi. The molecule has 3 rings (SSSR count). The standard InChI is InChI=1S/C18H25NSi/c1-18(13-20(2,3)4)11-15-10-9-14-7-5-6-8-16(14)17(15)19-12-18/h5-10,19H,11-13H2,1-4H3. The fourth-order valence-corrected chi connectivity index (χ4v) is 6.71. The molecule has 0 radical (unpaired) electrons. The van der Waals surface area contributed by atoms with E-state index in [0.717, 1.165) is 6.54 Å². The summed E-state index contributed by atoms with van der Waals surface area (Å²) in [5.41, 5.74) is 3.28. The van der Waals surface area contributed by atoms with E-state index in [1.807, 2.05) is 0 Å². The molecule has 2 aromatic carbocycles. The Bertz CT molecular complexity index is 641. The molecule has 2 aromatic rings. The monoisotopic (exact) mass is 283 g/mol. The van der Waals surface area contributed by atoms with E-state index in [1.165, 1.54) is 34.5 Å². The maximum atomic E-state index is 3.74. The normalized spacial score (nSPS) is 22.4. The first-order valence-corrected chi connectivity index (χ1v) is 11.3. The predicted octanol–water partition coefficient (Wildman–Crippen LogP) is 5.15. The summed E-state index contributed by atoms with van der Waals surface area (Å²) in [6, 6.07) is 14.7. The van der Waals surface area contributed by atoms with Crippen molar-refractivity contribution in [3.8, 4) is 0 Å². The largest absolute Gasteiger partial charge is 0.384 e. The summed E-state index contributed by atoms with van der Waals surface area (Å²) in [5.74, 6) is 0. The van der Waals surface area contributed by atoms with Crippen molar-refractivity contribution in [3.63, 3.8) is 0 Å². The van der Waals surface area contributed by atoms with Crippen LogP contribution in [0.4, 0.5) is 5.69 Å². The van der Waals surface area contributed by atoms with Gasteiger partial charge in [-0.2, -0.15) is 0 Å². The topological polar surface area (TPSA) is 12.0 Å². The van der Waals surface area contributed by atoms with Gasteiger partial charge in [-0.25, -0.2) is 0 Å². The summed E-state index contributed by atoms with van der Waals surface area (Å²) in [5, 5.41) is 6.46. The smallest absolute Gasteiger partial charge is 0.0452 e. The highest BCUT2D eigenvalue weighted by molar-refractivity contribution is 6.76. The fourth-order valence-electron chi connectivity index (χ4n) is 3.90. The Morgan fingerprint density at radius 3 is 2.60 bits per heavy atom. The highest BCUT2D eigenvalue weighted by Gasteiger charge is 2.34. The predicted molar refractivity (Wildman–Crippen MR) is 92.4 cm³/mol. The van der Waals surface area contributed by atoms with Crippen molar-refractivity contribution in [1.82, 2.24) is 0 Å². The van der Waals surface area contributed by atoms with Crippen molar-refractivity contribution in [2.45, 2.75) is 39.0 Å². The van der Waals surface area contributed by atoms with Crippen LogP contribution in [0.3, 0.4) is 0 Å². The van der Waals surface area contributed by atoms with Gasteiger partial charge in [0, 0.05) is 25.7 Å². The van der Waals surface area contributed by atoms with Crippen LogP contribution in [0.15, 0.2) is 36.4 Å². The Hall–Kier alpha value is -1.28. The molecule has 0 aromatic heterocycles. The minimum absolute atomic E-state index is 0.417. The molecule has 1 atom stereocenters. The number of benzene rings is 2. The minimum atomic E-state index is -1.03. The van der Waals surface area contributed by atoms with Crippen LogP contribution in [0.2, 0.25) is 25.7 Å². The highest BCUT2D eigenvalue weighted by Crippen LogP contribution is 2.41. The lowest BCUT2D eigenvalue weighted by molar-refractivity contribution is 0.374. The van der Waals surface area contributed by atoms with Gasteiger partial charge in [0.15, 0.2) is 0 Å². The number of rotatable bonds is 2.